The molecule has 0 bridgehead atoms. The normalized spacial score (nSPS) is 17.1. The van der Waals surface area contributed by atoms with Gasteiger partial charge in [0.25, 0.3) is 5.56 Å². The fourth-order valence-corrected chi connectivity index (χ4v) is 2.20. The molecule has 1 aromatic rings. The van der Waals surface area contributed by atoms with E-state index in [-0.39, 0.29) is 5.56 Å². The monoisotopic (exact) mass is 210 g/mol. The Morgan fingerprint density at radius 2 is 1.67 bits per heavy atom. The molecule has 0 amide bonds. The van der Waals surface area contributed by atoms with E-state index in [0.29, 0.717) is 5.69 Å². The number of piperidine rings is 1. The summed E-state index contributed by atoms with van der Waals surface area (Å²) in [6, 6.07) is 0. The molecule has 1 aliphatic rings. The van der Waals surface area contributed by atoms with Crippen molar-refractivity contribution >= 4 is 11.5 Å². The van der Waals surface area contributed by atoms with Crippen LogP contribution in [0.4, 0.5) is 11.5 Å². The molecule has 0 spiro atoms. The van der Waals surface area contributed by atoms with Crippen molar-refractivity contribution in [2.75, 3.05) is 23.7 Å². The Kier molecular flexibility index (Phi) is 2.46. The molecule has 5 nitrogen and oxygen atoms in total. The first-order valence-electron chi connectivity index (χ1n) is 5.39. The third-order valence-electron chi connectivity index (χ3n) is 3.18. The number of nitrogens with zero attached hydrogens (tertiary/aromatic N) is 3. The lowest BCUT2D eigenvalue weighted by molar-refractivity contribution is 0.532. The molecule has 0 saturated carbocycles. The molecule has 0 radical (unpaired) electrons. The molecule has 0 aliphatic carbocycles. The zero-order chi connectivity index (χ0) is 11.0. The van der Waals surface area contributed by atoms with Crippen LogP contribution in [0.15, 0.2) is 4.79 Å². The van der Waals surface area contributed by atoms with Gasteiger partial charge >= 0.3 is 0 Å². The van der Waals surface area contributed by atoms with Crippen LogP contribution in [0.5, 0.6) is 0 Å². The van der Waals surface area contributed by atoms with Crippen molar-refractivity contribution in [3.05, 3.63) is 10.4 Å². The number of nitrogens with two attached hydrogens (primary N) is 1. The highest BCUT2D eigenvalue weighted by molar-refractivity contribution is 5.62. The molecule has 1 fully saturated rings. The quantitative estimate of drug-likeness (QED) is 0.725. The summed E-state index contributed by atoms with van der Waals surface area (Å²) in [5.74, 6) is 0.877. The van der Waals surface area contributed by atoms with Gasteiger partial charge in [-0.1, -0.05) is 0 Å². The zero-order valence-electron chi connectivity index (χ0n) is 9.36. The predicted molar refractivity (Wildman–Crippen MR) is 61.1 cm³/mol. The summed E-state index contributed by atoms with van der Waals surface area (Å²) in [6.45, 7) is 2.00. The maximum absolute atomic E-state index is 11.6. The minimum Gasteiger partial charge on any atom is -0.391 e. The average Bonchev–Trinajstić information content (AvgIpc) is 2.45. The van der Waals surface area contributed by atoms with Gasteiger partial charge in [0.05, 0.1) is 0 Å². The predicted octanol–water partition coefficient (Wildman–Crippen LogP) is 0.296. The molecule has 1 aromatic heterocycles. The van der Waals surface area contributed by atoms with Crippen molar-refractivity contribution in [2.24, 2.45) is 14.1 Å². The van der Waals surface area contributed by atoms with Gasteiger partial charge in [0.1, 0.15) is 5.69 Å². The number of hydrogen-bond acceptors (Lipinski definition) is 3. The Morgan fingerprint density at radius 1 is 1.07 bits per heavy atom. The highest BCUT2D eigenvalue weighted by Gasteiger charge is 2.20. The van der Waals surface area contributed by atoms with E-state index in [4.69, 9.17) is 5.73 Å². The first-order chi connectivity index (χ1) is 7.13. The second-order valence-corrected chi connectivity index (χ2v) is 4.14. The topological polar surface area (TPSA) is 56.2 Å². The average molecular weight is 210 g/mol. The molecule has 0 aromatic carbocycles. The van der Waals surface area contributed by atoms with E-state index in [1.165, 1.54) is 19.3 Å². The van der Waals surface area contributed by atoms with Crippen molar-refractivity contribution in [3.8, 4) is 0 Å². The number of nitrogen functional groups attached to an aromatic ring is 1. The Labute approximate surface area is 89.1 Å². The van der Waals surface area contributed by atoms with Crippen LogP contribution in [0.1, 0.15) is 19.3 Å². The Bertz CT molecular complexity index is 412. The van der Waals surface area contributed by atoms with E-state index in [2.05, 4.69) is 4.90 Å². The molecule has 5 heteroatoms. The molecule has 0 unspecified atom stereocenters. The first kappa shape index (κ1) is 10.1. The van der Waals surface area contributed by atoms with Gasteiger partial charge in [-0.15, -0.1) is 0 Å². The van der Waals surface area contributed by atoms with Crippen LogP contribution in [0.25, 0.3) is 0 Å². The third-order valence-corrected chi connectivity index (χ3v) is 3.18. The molecule has 1 saturated heterocycles. The fraction of sp³-hybridized carbons (Fsp3) is 0.700. The highest BCUT2D eigenvalue weighted by atomic mass is 16.1. The molecule has 84 valence electrons. The van der Waals surface area contributed by atoms with Crippen LogP contribution in [0, 0.1) is 0 Å². The summed E-state index contributed by atoms with van der Waals surface area (Å²) in [5, 5.41) is 0. The first-order valence-corrected chi connectivity index (χ1v) is 5.39. The lowest BCUT2D eigenvalue weighted by Gasteiger charge is -2.29. The summed E-state index contributed by atoms with van der Waals surface area (Å²) < 4.78 is 3.39. The van der Waals surface area contributed by atoms with E-state index >= 15 is 0 Å². The maximum Gasteiger partial charge on any atom is 0.291 e. The van der Waals surface area contributed by atoms with Gasteiger partial charge in [-0.3, -0.25) is 14.2 Å². The van der Waals surface area contributed by atoms with E-state index in [0.717, 1.165) is 18.9 Å². The van der Waals surface area contributed by atoms with Crippen LogP contribution < -0.4 is 16.2 Å². The Morgan fingerprint density at radius 3 is 2.13 bits per heavy atom. The molecular weight excluding hydrogens is 192 g/mol. The minimum absolute atomic E-state index is 0.0990. The van der Waals surface area contributed by atoms with Gasteiger partial charge in [0.2, 0.25) is 0 Å². The minimum atomic E-state index is -0.0990. The van der Waals surface area contributed by atoms with Crippen LogP contribution in [-0.2, 0) is 14.1 Å². The molecule has 15 heavy (non-hydrogen) atoms. The second-order valence-electron chi connectivity index (χ2n) is 4.14. The van der Waals surface area contributed by atoms with Crippen molar-refractivity contribution in [3.63, 3.8) is 0 Å². The number of aromatic nitrogens is 2. The van der Waals surface area contributed by atoms with E-state index in [9.17, 15) is 4.79 Å². The summed E-state index contributed by atoms with van der Waals surface area (Å²) in [5.41, 5.74) is 6.12. The Hall–Kier alpha value is -1.39. The van der Waals surface area contributed by atoms with Crippen molar-refractivity contribution in [2.45, 2.75) is 19.3 Å². The summed E-state index contributed by atoms with van der Waals surface area (Å²) in [7, 11) is 3.62. The third kappa shape index (κ3) is 1.52. The largest absolute Gasteiger partial charge is 0.391 e. The molecule has 2 rings (SSSR count). The maximum atomic E-state index is 11.6. The van der Waals surface area contributed by atoms with Crippen LogP contribution >= 0.6 is 0 Å². The van der Waals surface area contributed by atoms with Gasteiger partial charge in [-0.2, -0.15) is 0 Å². The molecule has 2 heterocycles. The Balaban J connectivity index is 2.42. The van der Waals surface area contributed by atoms with Gasteiger partial charge in [-0.05, 0) is 19.3 Å². The molecular formula is C10H18N4O. The van der Waals surface area contributed by atoms with Gasteiger partial charge in [0, 0.05) is 27.2 Å². The van der Waals surface area contributed by atoms with Crippen molar-refractivity contribution in [1.29, 1.82) is 0 Å². The smallest absolute Gasteiger partial charge is 0.291 e. The summed E-state index contributed by atoms with van der Waals surface area (Å²) in [4.78, 5) is 13.9. The number of hydrogen-bond donors (Lipinski definition) is 1. The van der Waals surface area contributed by atoms with Crippen LogP contribution in [0.3, 0.4) is 0 Å². The van der Waals surface area contributed by atoms with E-state index < -0.39 is 0 Å². The molecule has 0 atom stereocenters. The summed E-state index contributed by atoms with van der Waals surface area (Å²) in [6.07, 6.45) is 3.64. The second kappa shape index (κ2) is 3.64. The van der Waals surface area contributed by atoms with Crippen LogP contribution in [0.2, 0.25) is 0 Å². The number of anilines is 2. The summed E-state index contributed by atoms with van der Waals surface area (Å²) >= 11 is 0. The van der Waals surface area contributed by atoms with Crippen molar-refractivity contribution < 1.29 is 0 Å². The SMILES string of the molecule is Cn1c(N2CCCCC2)c(N)c(=O)n1C. The van der Waals surface area contributed by atoms with Crippen molar-refractivity contribution in [1.82, 2.24) is 9.36 Å². The number of rotatable bonds is 1. The van der Waals surface area contributed by atoms with E-state index in [1.54, 1.807) is 11.7 Å². The van der Waals surface area contributed by atoms with Crippen LogP contribution in [-0.4, -0.2) is 22.5 Å². The van der Waals surface area contributed by atoms with Gasteiger partial charge in [-0.25, -0.2) is 0 Å². The van der Waals surface area contributed by atoms with Gasteiger partial charge in [0.15, 0.2) is 5.82 Å². The van der Waals surface area contributed by atoms with Gasteiger partial charge < -0.3 is 10.6 Å². The van der Waals surface area contributed by atoms with E-state index in [1.807, 2.05) is 11.7 Å². The molecule has 2 N–H and O–H groups in total. The highest BCUT2D eigenvalue weighted by Crippen LogP contribution is 2.23. The lowest BCUT2D eigenvalue weighted by atomic mass is 10.1. The molecule has 1 aliphatic heterocycles. The standard InChI is InChI=1S/C10H18N4O/c1-12-9(8(11)10(15)13(12)2)14-6-4-3-5-7-14/h3-7,11H2,1-2H3. The lowest BCUT2D eigenvalue weighted by Crippen LogP contribution is -2.32. The zero-order valence-corrected chi connectivity index (χ0v) is 9.36. The fourth-order valence-electron chi connectivity index (χ4n) is 2.20.